The molecule has 1 aromatic carbocycles. The predicted octanol–water partition coefficient (Wildman–Crippen LogP) is 3.10. The maximum atomic E-state index is 5.36. The first-order valence-electron chi connectivity index (χ1n) is 5.02. The molecule has 78 valence electrons. The van der Waals surface area contributed by atoms with Crippen LogP contribution in [0.5, 0.6) is 5.75 Å². The number of methoxy groups -OCH3 is 1. The van der Waals surface area contributed by atoms with Crippen molar-refractivity contribution in [1.82, 2.24) is 4.57 Å². The third-order valence-electron chi connectivity index (χ3n) is 2.60. The van der Waals surface area contributed by atoms with Crippen molar-refractivity contribution in [3.05, 3.63) is 47.8 Å². The Labute approximate surface area is 90.1 Å². The maximum Gasteiger partial charge on any atom is 0.142 e. The fraction of sp³-hybridized carbons (Fsp3) is 0.231. The summed E-state index contributed by atoms with van der Waals surface area (Å²) in [6.07, 6.45) is 0. The van der Waals surface area contributed by atoms with Crippen LogP contribution in [0.15, 0.2) is 36.4 Å². The van der Waals surface area contributed by atoms with E-state index < -0.39 is 0 Å². The highest BCUT2D eigenvalue weighted by atomic mass is 16.5. The number of aromatic nitrogens is 1. The molecule has 0 aliphatic rings. The molecule has 0 amide bonds. The Kier molecular flexibility index (Phi) is 2.50. The number of para-hydroxylation sites is 2. The van der Waals surface area contributed by atoms with Crippen molar-refractivity contribution < 1.29 is 4.74 Å². The number of aryl methyl sites for hydroxylation is 2. The Morgan fingerprint density at radius 1 is 0.933 bits per heavy atom. The van der Waals surface area contributed by atoms with Gasteiger partial charge in [-0.1, -0.05) is 12.1 Å². The van der Waals surface area contributed by atoms with Crippen LogP contribution in [-0.2, 0) is 0 Å². The van der Waals surface area contributed by atoms with Gasteiger partial charge in [0.15, 0.2) is 0 Å². The Balaban J connectivity index is 2.63. The third-order valence-corrected chi connectivity index (χ3v) is 2.60. The van der Waals surface area contributed by atoms with Gasteiger partial charge in [0.25, 0.3) is 0 Å². The summed E-state index contributed by atoms with van der Waals surface area (Å²) in [6, 6.07) is 12.3. The van der Waals surface area contributed by atoms with Crippen molar-refractivity contribution in [2.45, 2.75) is 13.8 Å². The van der Waals surface area contributed by atoms with Crippen molar-refractivity contribution in [2.75, 3.05) is 7.11 Å². The van der Waals surface area contributed by atoms with E-state index in [0.29, 0.717) is 0 Å². The van der Waals surface area contributed by atoms with E-state index in [9.17, 15) is 0 Å². The van der Waals surface area contributed by atoms with Gasteiger partial charge < -0.3 is 9.30 Å². The minimum Gasteiger partial charge on any atom is -0.495 e. The SMILES string of the molecule is COc1ccccc1-n1c(C)ccc1C. The lowest BCUT2D eigenvalue weighted by Gasteiger charge is -2.13. The van der Waals surface area contributed by atoms with Crippen LogP contribution in [0.25, 0.3) is 5.69 Å². The molecule has 0 bridgehead atoms. The van der Waals surface area contributed by atoms with Crippen molar-refractivity contribution in [3.8, 4) is 11.4 Å². The molecule has 15 heavy (non-hydrogen) atoms. The predicted molar refractivity (Wildman–Crippen MR) is 61.8 cm³/mol. The van der Waals surface area contributed by atoms with Gasteiger partial charge in [-0.25, -0.2) is 0 Å². The van der Waals surface area contributed by atoms with E-state index in [4.69, 9.17) is 4.74 Å². The van der Waals surface area contributed by atoms with E-state index in [1.165, 1.54) is 11.4 Å². The second kappa shape index (κ2) is 3.81. The lowest BCUT2D eigenvalue weighted by molar-refractivity contribution is 0.412. The third kappa shape index (κ3) is 1.63. The summed E-state index contributed by atoms with van der Waals surface area (Å²) in [5.74, 6) is 0.903. The average molecular weight is 201 g/mol. The molecule has 0 fully saturated rings. The lowest BCUT2D eigenvalue weighted by Crippen LogP contribution is -2.01. The molecule has 0 aliphatic heterocycles. The van der Waals surface area contributed by atoms with Gasteiger partial charge in [0.2, 0.25) is 0 Å². The van der Waals surface area contributed by atoms with Gasteiger partial charge >= 0.3 is 0 Å². The zero-order valence-electron chi connectivity index (χ0n) is 9.32. The van der Waals surface area contributed by atoms with Gasteiger partial charge in [-0.2, -0.15) is 0 Å². The fourth-order valence-corrected chi connectivity index (χ4v) is 1.86. The number of benzene rings is 1. The lowest BCUT2D eigenvalue weighted by atomic mass is 10.2. The zero-order chi connectivity index (χ0) is 10.8. The summed E-state index contributed by atoms with van der Waals surface area (Å²) >= 11 is 0. The Hall–Kier alpha value is -1.70. The molecule has 1 heterocycles. The molecule has 2 nitrogen and oxygen atoms in total. The highest BCUT2D eigenvalue weighted by molar-refractivity contribution is 5.49. The highest BCUT2D eigenvalue weighted by Gasteiger charge is 2.07. The molecule has 2 heteroatoms. The van der Waals surface area contributed by atoms with Crippen LogP contribution in [0.2, 0.25) is 0 Å². The fourth-order valence-electron chi connectivity index (χ4n) is 1.86. The summed E-state index contributed by atoms with van der Waals surface area (Å²) in [5.41, 5.74) is 3.54. The second-order valence-electron chi connectivity index (χ2n) is 3.62. The van der Waals surface area contributed by atoms with E-state index in [1.54, 1.807) is 7.11 Å². The van der Waals surface area contributed by atoms with Crippen molar-refractivity contribution in [1.29, 1.82) is 0 Å². The second-order valence-corrected chi connectivity index (χ2v) is 3.62. The minimum atomic E-state index is 0.903. The molecule has 2 rings (SSSR count). The van der Waals surface area contributed by atoms with Crippen molar-refractivity contribution in [2.24, 2.45) is 0 Å². The minimum absolute atomic E-state index is 0.903. The van der Waals surface area contributed by atoms with Gasteiger partial charge in [-0.05, 0) is 38.1 Å². The van der Waals surface area contributed by atoms with E-state index >= 15 is 0 Å². The molecule has 0 aliphatic carbocycles. The molecule has 0 saturated heterocycles. The van der Waals surface area contributed by atoms with Crippen LogP contribution in [0.4, 0.5) is 0 Å². The highest BCUT2D eigenvalue weighted by Crippen LogP contribution is 2.25. The molecule has 0 spiro atoms. The summed E-state index contributed by atoms with van der Waals surface area (Å²) in [4.78, 5) is 0. The summed E-state index contributed by atoms with van der Waals surface area (Å²) < 4.78 is 7.55. The number of hydrogen-bond acceptors (Lipinski definition) is 1. The molecule has 0 unspecified atom stereocenters. The van der Waals surface area contributed by atoms with Gasteiger partial charge in [-0.15, -0.1) is 0 Å². The van der Waals surface area contributed by atoms with Crippen LogP contribution in [0.1, 0.15) is 11.4 Å². The van der Waals surface area contributed by atoms with Crippen LogP contribution in [0.3, 0.4) is 0 Å². The number of ether oxygens (including phenoxy) is 1. The molecule has 2 aromatic rings. The van der Waals surface area contributed by atoms with E-state index in [2.05, 4.69) is 36.6 Å². The largest absolute Gasteiger partial charge is 0.495 e. The molecule has 1 aromatic heterocycles. The van der Waals surface area contributed by atoms with Crippen LogP contribution >= 0.6 is 0 Å². The van der Waals surface area contributed by atoms with Crippen LogP contribution < -0.4 is 4.74 Å². The summed E-state index contributed by atoms with van der Waals surface area (Å²) in [5, 5.41) is 0. The van der Waals surface area contributed by atoms with Crippen molar-refractivity contribution >= 4 is 0 Å². The van der Waals surface area contributed by atoms with Gasteiger partial charge in [0.05, 0.1) is 12.8 Å². The number of rotatable bonds is 2. The number of nitrogens with zero attached hydrogens (tertiary/aromatic N) is 1. The Bertz CT molecular complexity index is 452. The standard InChI is InChI=1S/C13H15NO/c1-10-8-9-11(2)14(10)12-6-4-5-7-13(12)15-3/h4-9H,1-3H3. The normalized spacial score (nSPS) is 10.3. The Morgan fingerprint density at radius 3 is 2.13 bits per heavy atom. The topological polar surface area (TPSA) is 14.2 Å². The maximum absolute atomic E-state index is 5.36. The first kappa shape index (κ1) is 9.84. The Morgan fingerprint density at radius 2 is 1.53 bits per heavy atom. The smallest absolute Gasteiger partial charge is 0.142 e. The van der Waals surface area contributed by atoms with Crippen LogP contribution in [-0.4, -0.2) is 11.7 Å². The molecule has 0 radical (unpaired) electrons. The quantitative estimate of drug-likeness (QED) is 0.728. The summed E-state index contributed by atoms with van der Waals surface area (Å²) in [7, 11) is 1.70. The molecular formula is C13H15NO. The molecule has 0 atom stereocenters. The van der Waals surface area contributed by atoms with Gasteiger partial charge in [0.1, 0.15) is 5.75 Å². The monoisotopic (exact) mass is 201 g/mol. The van der Waals surface area contributed by atoms with E-state index in [1.807, 2.05) is 18.2 Å². The van der Waals surface area contributed by atoms with E-state index in [0.717, 1.165) is 11.4 Å². The molecule has 0 N–H and O–H groups in total. The zero-order valence-corrected chi connectivity index (χ0v) is 9.32. The van der Waals surface area contributed by atoms with Gasteiger partial charge in [-0.3, -0.25) is 0 Å². The molecular weight excluding hydrogens is 186 g/mol. The van der Waals surface area contributed by atoms with E-state index in [-0.39, 0.29) is 0 Å². The molecule has 0 saturated carbocycles. The average Bonchev–Trinajstić information content (AvgIpc) is 2.59. The summed E-state index contributed by atoms with van der Waals surface area (Å²) in [6.45, 7) is 4.19. The van der Waals surface area contributed by atoms with Gasteiger partial charge in [0, 0.05) is 11.4 Å². The number of hydrogen-bond donors (Lipinski definition) is 0. The van der Waals surface area contributed by atoms with Crippen molar-refractivity contribution in [3.63, 3.8) is 0 Å². The van der Waals surface area contributed by atoms with Crippen LogP contribution in [0, 0.1) is 13.8 Å². The first-order chi connectivity index (χ1) is 7.24. The first-order valence-corrected chi connectivity index (χ1v) is 5.02.